The summed E-state index contributed by atoms with van der Waals surface area (Å²) >= 11 is 5.43. The van der Waals surface area contributed by atoms with E-state index in [0.29, 0.717) is 32.8 Å². The van der Waals surface area contributed by atoms with Crippen LogP contribution in [-0.4, -0.2) is 15.8 Å². The Morgan fingerprint density at radius 1 is 1.16 bits per heavy atom. The van der Waals surface area contributed by atoms with E-state index in [1.54, 1.807) is 25.1 Å². The predicted molar refractivity (Wildman–Crippen MR) is 77.9 cm³/mol. The van der Waals surface area contributed by atoms with Gasteiger partial charge in [0.1, 0.15) is 5.75 Å². The average Bonchev–Trinajstić information content (AvgIpc) is 2.40. The average molecular weight is 269 g/mol. The second-order valence-corrected chi connectivity index (χ2v) is 4.99. The van der Waals surface area contributed by atoms with Gasteiger partial charge < -0.3 is 10.8 Å². The number of phenols is 1. The number of benzene rings is 2. The van der Waals surface area contributed by atoms with Crippen molar-refractivity contribution in [3.05, 3.63) is 58.1 Å². The SMILES string of the molecule is Cc1cc(O)c2c(c1N)C(=S)c1ccccc1C2=O. The molecular formula is C15H11NO2S. The Balaban J connectivity index is 2.43. The van der Waals surface area contributed by atoms with Crippen molar-refractivity contribution in [2.24, 2.45) is 0 Å². The summed E-state index contributed by atoms with van der Waals surface area (Å²) in [7, 11) is 0. The van der Waals surface area contributed by atoms with Crippen molar-refractivity contribution in [1.29, 1.82) is 0 Å². The molecule has 0 saturated heterocycles. The Bertz CT molecular complexity index is 750. The largest absolute Gasteiger partial charge is 0.507 e. The van der Waals surface area contributed by atoms with Gasteiger partial charge in [-0.3, -0.25) is 4.79 Å². The van der Waals surface area contributed by atoms with Crippen LogP contribution in [0.2, 0.25) is 0 Å². The highest BCUT2D eigenvalue weighted by molar-refractivity contribution is 7.81. The number of aromatic hydroxyl groups is 1. The Hall–Kier alpha value is -2.20. The van der Waals surface area contributed by atoms with Gasteiger partial charge in [-0.05, 0) is 18.6 Å². The molecule has 3 N–H and O–H groups in total. The van der Waals surface area contributed by atoms with Crippen molar-refractivity contribution in [3.8, 4) is 5.75 Å². The van der Waals surface area contributed by atoms with Crippen LogP contribution in [0.4, 0.5) is 5.69 Å². The molecule has 3 rings (SSSR count). The predicted octanol–water partition coefficient (Wildman–Crippen LogP) is 2.59. The van der Waals surface area contributed by atoms with Gasteiger partial charge >= 0.3 is 0 Å². The first-order chi connectivity index (χ1) is 9.02. The lowest BCUT2D eigenvalue weighted by Gasteiger charge is -2.22. The molecule has 0 spiro atoms. The Morgan fingerprint density at radius 3 is 2.47 bits per heavy atom. The van der Waals surface area contributed by atoms with Gasteiger partial charge in [0.25, 0.3) is 0 Å². The number of phenolic OH excluding ortho intramolecular Hbond substituents is 1. The van der Waals surface area contributed by atoms with Gasteiger partial charge in [-0.1, -0.05) is 36.5 Å². The molecule has 1 aliphatic carbocycles. The van der Waals surface area contributed by atoms with E-state index in [-0.39, 0.29) is 17.1 Å². The lowest BCUT2D eigenvalue weighted by atomic mass is 9.82. The minimum atomic E-state index is -0.233. The van der Waals surface area contributed by atoms with Gasteiger partial charge in [0, 0.05) is 22.4 Å². The van der Waals surface area contributed by atoms with E-state index in [2.05, 4.69) is 0 Å². The summed E-state index contributed by atoms with van der Waals surface area (Å²) in [6, 6.07) is 8.62. The maximum absolute atomic E-state index is 12.5. The molecule has 0 radical (unpaired) electrons. The van der Waals surface area contributed by atoms with Crippen molar-refractivity contribution < 1.29 is 9.90 Å². The molecule has 4 heteroatoms. The van der Waals surface area contributed by atoms with Crippen LogP contribution in [0.1, 0.15) is 32.6 Å². The van der Waals surface area contributed by atoms with E-state index < -0.39 is 0 Å². The number of ketones is 1. The van der Waals surface area contributed by atoms with E-state index in [9.17, 15) is 9.90 Å². The first kappa shape index (κ1) is 11.9. The quantitative estimate of drug-likeness (QED) is 0.374. The second kappa shape index (κ2) is 3.90. The summed E-state index contributed by atoms with van der Waals surface area (Å²) in [5.41, 5.74) is 9.11. The summed E-state index contributed by atoms with van der Waals surface area (Å²) < 4.78 is 0. The topological polar surface area (TPSA) is 63.3 Å². The normalized spacial score (nSPS) is 13.1. The molecule has 3 nitrogen and oxygen atoms in total. The van der Waals surface area contributed by atoms with E-state index >= 15 is 0 Å². The number of nitrogen functional groups attached to an aromatic ring is 1. The van der Waals surface area contributed by atoms with Crippen LogP contribution in [0, 0.1) is 6.92 Å². The molecule has 0 bridgehead atoms. The van der Waals surface area contributed by atoms with Crippen LogP contribution < -0.4 is 5.73 Å². The molecule has 0 heterocycles. The molecule has 0 unspecified atom stereocenters. The molecule has 2 aromatic rings. The summed E-state index contributed by atoms with van der Waals surface area (Å²) in [6.45, 7) is 1.78. The smallest absolute Gasteiger partial charge is 0.198 e. The fourth-order valence-corrected chi connectivity index (χ4v) is 2.82. The highest BCUT2D eigenvalue weighted by Crippen LogP contribution is 2.37. The number of thiocarbonyl (C=S) groups is 1. The first-order valence-corrected chi connectivity index (χ1v) is 6.23. The molecule has 0 aliphatic heterocycles. The zero-order chi connectivity index (χ0) is 13.7. The monoisotopic (exact) mass is 269 g/mol. The van der Waals surface area contributed by atoms with Gasteiger partial charge in [0.2, 0.25) is 0 Å². The van der Waals surface area contributed by atoms with E-state index in [1.165, 1.54) is 6.07 Å². The Kier molecular flexibility index (Phi) is 2.43. The number of hydrogen-bond acceptors (Lipinski definition) is 4. The second-order valence-electron chi connectivity index (χ2n) is 4.58. The molecular weight excluding hydrogens is 258 g/mol. The molecule has 0 saturated carbocycles. The zero-order valence-corrected chi connectivity index (χ0v) is 11.0. The zero-order valence-electron chi connectivity index (χ0n) is 10.2. The molecule has 0 aromatic heterocycles. The molecule has 0 amide bonds. The third kappa shape index (κ3) is 1.50. The summed E-state index contributed by atoms with van der Waals surface area (Å²) in [5.74, 6) is -0.299. The number of fused-ring (bicyclic) bond motifs is 2. The Morgan fingerprint density at radius 2 is 1.79 bits per heavy atom. The minimum absolute atomic E-state index is 0.0662. The van der Waals surface area contributed by atoms with E-state index in [4.69, 9.17) is 18.0 Å². The summed E-state index contributed by atoms with van der Waals surface area (Å²) in [5, 5.41) is 10.0. The number of anilines is 1. The molecule has 1 aliphatic rings. The molecule has 0 atom stereocenters. The van der Waals surface area contributed by atoms with Crippen LogP contribution >= 0.6 is 12.2 Å². The highest BCUT2D eigenvalue weighted by Gasteiger charge is 2.31. The number of carbonyl (C=O) groups is 1. The van der Waals surface area contributed by atoms with E-state index in [1.807, 2.05) is 6.07 Å². The number of aryl methyl sites for hydroxylation is 1. The standard InChI is InChI=1S/C15H11NO2S/c1-7-6-10(17)11-12(13(7)16)15(19)9-5-3-2-4-8(9)14(11)18/h2-6,17H,16H2,1H3. The van der Waals surface area contributed by atoms with Crippen LogP contribution in [0.5, 0.6) is 5.75 Å². The van der Waals surface area contributed by atoms with Crippen LogP contribution in [0.25, 0.3) is 0 Å². The maximum Gasteiger partial charge on any atom is 0.198 e. The molecule has 94 valence electrons. The lowest BCUT2D eigenvalue weighted by molar-refractivity contribution is 0.103. The van der Waals surface area contributed by atoms with E-state index in [0.717, 1.165) is 0 Å². The third-order valence-corrected chi connectivity index (χ3v) is 3.85. The van der Waals surface area contributed by atoms with Crippen LogP contribution in [-0.2, 0) is 0 Å². The number of carbonyl (C=O) groups excluding carboxylic acids is 1. The van der Waals surface area contributed by atoms with Gasteiger partial charge in [0.15, 0.2) is 5.78 Å². The number of hydrogen-bond donors (Lipinski definition) is 2. The van der Waals surface area contributed by atoms with Gasteiger partial charge in [0.05, 0.1) is 10.4 Å². The number of rotatable bonds is 0. The third-order valence-electron chi connectivity index (χ3n) is 3.42. The fourth-order valence-electron chi connectivity index (χ4n) is 2.43. The highest BCUT2D eigenvalue weighted by atomic mass is 32.1. The van der Waals surface area contributed by atoms with Crippen molar-refractivity contribution in [2.75, 3.05) is 5.73 Å². The fraction of sp³-hybridized carbons (Fsp3) is 0.0667. The molecule has 0 fully saturated rings. The maximum atomic E-state index is 12.5. The lowest BCUT2D eigenvalue weighted by Crippen LogP contribution is -2.22. The van der Waals surface area contributed by atoms with Crippen molar-refractivity contribution in [2.45, 2.75) is 6.92 Å². The van der Waals surface area contributed by atoms with Crippen molar-refractivity contribution >= 4 is 28.6 Å². The van der Waals surface area contributed by atoms with Crippen molar-refractivity contribution in [3.63, 3.8) is 0 Å². The van der Waals surface area contributed by atoms with Crippen molar-refractivity contribution in [1.82, 2.24) is 0 Å². The molecule has 2 aromatic carbocycles. The summed E-state index contributed by atoms with van der Waals surface area (Å²) in [4.78, 5) is 13.0. The van der Waals surface area contributed by atoms with Gasteiger partial charge in [-0.25, -0.2) is 0 Å². The Labute approximate surface area is 115 Å². The first-order valence-electron chi connectivity index (χ1n) is 5.83. The number of nitrogens with two attached hydrogens (primary N) is 1. The summed E-state index contributed by atoms with van der Waals surface area (Å²) in [6.07, 6.45) is 0. The minimum Gasteiger partial charge on any atom is -0.507 e. The molecule has 19 heavy (non-hydrogen) atoms. The van der Waals surface area contributed by atoms with Gasteiger partial charge in [-0.2, -0.15) is 0 Å². The van der Waals surface area contributed by atoms with Gasteiger partial charge in [-0.15, -0.1) is 0 Å². The van der Waals surface area contributed by atoms with Crippen LogP contribution in [0.3, 0.4) is 0 Å². The van der Waals surface area contributed by atoms with Crippen LogP contribution in [0.15, 0.2) is 30.3 Å².